The van der Waals surface area contributed by atoms with Crippen LogP contribution < -0.4 is 15.8 Å². The fourth-order valence-corrected chi connectivity index (χ4v) is 2.80. The van der Waals surface area contributed by atoms with Gasteiger partial charge in [-0.1, -0.05) is 0 Å². The SMILES string of the molecule is CNC(CN)Cc1cn[nH]c1-c1cc(C)c(OC(C)C)c(C)c1. The highest BCUT2D eigenvalue weighted by atomic mass is 16.5. The maximum absolute atomic E-state index is 5.93. The van der Waals surface area contributed by atoms with Gasteiger partial charge in [0.25, 0.3) is 0 Å². The number of hydrogen-bond acceptors (Lipinski definition) is 4. The van der Waals surface area contributed by atoms with Crippen LogP contribution in [0.25, 0.3) is 11.3 Å². The number of hydrogen-bond donors (Lipinski definition) is 3. The summed E-state index contributed by atoms with van der Waals surface area (Å²) in [6.45, 7) is 8.86. The topological polar surface area (TPSA) is 76.0 Å². The number of ether oxygens (including phenoxy) is 1. The van der Waals surface area contributed by atoms with Gasteiger partial charge in [-0.05, 0) is 70.0 Å². The summed E-state index contributed by atoms with van der Waals surface area (Å²) in [6, 6.07) is 4.55. The molecule has 0 fully saturated rings. The second-order valence-corrected chi connectivity index (χ2v) is 6.30. The normalized spacial score (nSPS) is 12.7. The van der Waals surface area contributed by atoms with Crippen LogP contribution in [-0.2, 0) is 6.42 Å². The summed E-state index contributed by atoms with van der Waals surface area (Å²) in [5, 5.41) is 10.6. The van der Waals surface area contributed by atoms with Crippen molar-refractivity contribution in [1.82, 2.24) is 15.5 Å². The van der Waals surface area contributed by atoms with Crippen molar-refractivity contribution in [1.29, 1.82) is 0 Å². The van der Waals surface area contributed by atoms with Gasteiger partial charge in [-0.25, -0.2) is 0 Å². The van der Waals surface area contributed by atoms with E-state index in [9.17, 15) is 0 Å². The van der Waals surface area contributed by atoms with Crippen molar-refractivity contribution in [3.8, 4) is 17.0 Å². The summed E-state index contributed by atoms with van der Waals surface area (Å²) < 4.78 is 5.93. The largest absolute Gasteiger partial charge is 0.490 e. The molecule has 2 rings (SSSR count). The molecule has 126 valence electrons. The summed E-state index contributed by atoms with van der Waals surface area (Å²) in [6.07, 6.45) is 2.90. The number of H-pyrrole nitrogens is 1. The monoisotopic (exact) mass is 316 g/mol. The molecule has 0 aliphatic rings. The molecule has 1 heterocycles. The first-order valence-corrected chi connectivity index (χ1v) is 8.14. The van der Waals surface area contributed by atoms with Crippen LogP contribution in [0, 0.1) is 13.8 Å². The molecule has 0 radical (unpaired) electrons. The predicted octanol–water partition coefficient (Wildman–Crippen LogP) is 2.57. The van der Waals surface area contributed by atoms with Gasteiger partial charge in [0.2, 0.25) is 0 Å². The Morgan fingerprint density at radius 2 is 1.91 bits per heavy atom. The number of likely N-dealkylation sites (N-methyl/N-ethyl adjacent to an activating group) is 1. The molecule has 0 amide bonds. The van der Waals surface area contributed by atoms with Crippen molar-refractivity contribution in [2.24, 2.45) is 5.73 Å². The molecule has 5 nitrogen and oxygen atoms in total. The predicted molar refractivity (Wildman–Crippen MR) is 94.9 cm³/mol. The molecule has 1 atom stereocenters. The summed E-state index contributed by atoms with van der Waals surface area (Å²) in [4.78, 5) is 0. The summed E-state index contributed by atoms with van der Waals surface area (Å²) in [5.74, 6) is 0.972. The first kappa shape index (κ1) is 17.5. The molecule has 1 unspecified atom stereocenters. The summed E-state index contributed by atoms with van der Waals surface area (Å²) >= 11 is 0. The average Bonchev–Trinajstić information content (AvgIpc) is 2.96. The molecule has 1 aromatic carbocycles. The van der Waals surface area contributed by atoms with E-state index in [0.29, 0.717) is 6.54 Å². The number of nitrogens with one attached hydrogen (secondary N) is 2. The molecule has 0 aliphatic heterocycles. The van der Waals surface area contributed by atoms with Crippen LogP contribution in [0.4, 0.5) is 0 Å². The molecule has 4 N–H and O–H groups in total. The molecule has 0 bridgehead atoms. The quantitative estimate of drug-likeness (QED) is 0.734. The van der Waals surface area contributed by atoms with Gasteiger partial charge in [0.05, 0.1) is 18.0 Å². The van der Waals surface area contributed by atoms with E-state index in [0.717, 1.165) is 34.6 Å². The molecular formula is C18H28N4O. The van der Waals surface area contributed by atoms with Crippen molar-refractivity contribution in [3.63, 3.8) is 0 Å². The molecule has 2 aromatic rings. The lowest BCUT2D eigenvalue weighted by atomic mass is 9.98. The zero-order chi connectivity index (χ0) is 17.0. The van der Waals surface area contributed by atoms with Crippen LogP contribution in [0.2, 0.25) is 0 Å². The fraction of sp³-hybridized carbons (Fsp3) is 0.500. The third kappa shape index (κ3) is 4.12. The number of aromatic amines is 1. The molecule has 1 aromatic heterocycles. The van der Waals surface area contributed by atoms with Gasteiger partial charge in [-0.2, -0.15) is 5.10 Å². The number of aryl methyl sites for hydroxylation is 2. The summed E-state index contributed by atoms with van der Waals surface area (Å²) in [7, 11) is 1.93. The van der Waals surface area contributed by atoms with E-state index in [1.165, 1.54) is 5.56 Å². The number of rotatable bonds is 7. The van der Waals surface area contributed by atoms with E-state index >= 15 is 0 Å². The van der Waals surface area contributed by atoms with Gasteiger partial charge in [0, 0.05) is 18.2 Å². The van der Waals surface area contributed by atoms with E-state index in [1.807, 2.05) is 27.1 Å². The average molecular weight is 316 g/mol. The molecule has 23 heavy (non-hydrogen) atoms. The maximum atomic E-state index is 5.93. The van der Waals surface area contributed by atoms with Crippen molar-refractivity contribution in [2.45, 2.75) is 46.3 Å². The van der Waals surface area contributed by atoms with Gasteiger partial charge in [0.1, 0.15) is 5.75 Å². The van der Waals surface area contributed by atoms with Gasteiger partial charge < -0.3 is 15.8 Å². The zero-order valence-electron chi connectivity index (χ0n) is 14.7. The Morgan fingerprint density at radius 3 is 2.43 bits per heavy atom. The minimum atomic E-state index is 0.168. The van der Waals surface area contributed by atoms with Crippen LogP contribution in [0.3, 0.4) is 0 Å². The molecular weight excluding hydrogens is 288 g/mol. The number of aromatic nitrogens is 2. The minimum Gasteiger partial charge on any atom is -0.490 e. The van der Waals surface area contributed by atoms with E-state index in [-0.39, 0.29) is 12.1 Å². The minimum absolute atomic E-state index is 0.168. The van der Waals surface area contributed by atoms with Gasteiger partial charge >= 0.3 is 0 Å². The van der Waals surface area contributed by atoms with Gasteiger partial charge in [-0.15, -0.1) is 0 Å². The van der Waals surface area contributed by atoms with Crippen LogP contribution in [0.15, 0.2) is 18.3 Å². The Morgan fingerprint density at radius 1 is 1.26 bits per heavy atom. The standard InChI is InChI=1S/C18H28N4O/c1-11(2)23-18-12(3)6-14(7-13(18)4)17-15(10-21-22-17)8-16(9-19)20-5/h6-7,10-11,16,20H,8-9,19H2,1-5H3,(H,21,22). The highest BCUT2D eigenvalue weighted by Gasteiger charge is 2.15. The Hall–Kier alpha value is -1.85. The van der Waals surface area contributed by atoms with Crippen LogP contribution >= 0.6 is 0 Å². The lowest BCUT2D eigenvalue weighted by Crippen LogP contribution is -2.35. The van der Waals surface area contributed by atoms with Crippen molar-refractivity contribution >= 4 is 0 Å². The Labute approximate surface area is 138 Å². The third-order valence-corrected chi connectivity index (χ3v) is 3.98. The van der Waals surface area contributed by atoms with Gasteiger partial charge in [0.15, 0.2) is 0 Å². The number of nitrogens with zero attached hydrogens (tertiary/aromatic N) is 1. The second kappa shape index (κ2) is 7.62. The lowest BCUT2D eigenvalue weighted by Gasteiger charge is -2.17. The fourth-order valence-electron chi connectivity index (χ4n) is 2.80. The maximum Gasteiger partial charge on any atom is 0.125 e. The van der Waals surface area contributed by atoms with Crippen molar-refractivity contribution in [3.05, 3.63) is 35.0 Å². The number of benzene rings is 1. The summed E-state index contributed by atoms with van der Waals surface area (Å²) in [5.41, 5.74) is 11.4. The molecule has 0 saturated heterocycles. The van der Waals surface area contributed by atoms with E-state index in [1.54, 1.807) is 0 Å². The molecule has 0 spiro atoms. The van der Waals surface area contributed by atoms with E-state index in [2.05, 4.69) is 41.5 Å². The third-order valence-electron chi connectivity index (χ3n) is 3.98. The Bertz CT molecular complexity index is 621. The smallest absolute Gasteiger partial charge is 0.125 e. The first-order chi connectivity index (χ1) is 11.0. The highest BCUT2D eigenvalue weighted by molar-refractivity contribution is 5.67. The number of nitrogens with two attached hydrogens (primary N) is 1. The molecule has 5 heteroatoms. The molecule has 0 saturated carbocycles. The highest BCUT2D eigenvalue weighted by Crippen LogP contribution is 2.31. The van der Waals surface area contributed by atoms with Crippen molar-refractivity contribution < 1.29 is 4.74 Å². The molecule has 0 aliphatic carbocycles. The first-order valence-electron chi connectivity index (χ1n) is 8.14. The Balaban J connectivity index is 2.35. The van der Waals surface area contributed by atoms with Crippen LogP contribution in [0.5, 0.6) is 5.75 Å². The van der Waals surface area contributed by atoms with Crippen molar-refractivity contribution in [2.75, 3.05) is 13.6 Å². The van der Waals surface area contributed by atoms with Crippen LogP contribution in [-0.4, -0.2) is 35.9 Å². The zero-order valence-corrected chi connectivity index (χ0v) is 14.7. The second-order valence-electron chi connectivity index (χ2n) is 6.30. The van der Waals surface area contributed by atoms with Gasteiger partial charge in [-0.3, -0.25) is 5.10 Å². The van der Waals surface area contributed by atoms with E-state index < -0.39 is 0 Å². The van der Waals surface area contributed by atoms with Crippen LogP contribution in [0.1, 0.15) is 30.5 Å². The Kier molecular flexibility index (Phi) is 5.80. The van der Waals surface area contributed by atoms with E-state index in [4.69, 9.17) is 10.5 Å². The lowest BCUT2D eigenvalue weighted by molar-refractivity contribution is 0.239.